The second-order valence-corrected chi connectivity index (χ2v) is 6.53. The van der Waals surface area contributed by atoms with E-state index in [-0.39, 0.29) is 10.9 Å². The quantitative estimate of drug-likeness (QED) is 0.890. The maximum atomic E-state index is 12.4. The average Bonchev–Trinajstić information content (AvgIpc) is 2.46. The maximum absolute atomic E-state index is 12.4. The Morgan fingerprint density at radius 2 is 1.86 bits per heavy atom. The zero-order valence-electron chi connectivity index (χ0n) is 12.3. The van der Waals surface area contributed by atoms with Gasteiger partial charge in [-0.25, -0.2) is 13.4 Å². The molecule has 21 heavy (non-hydrogen) atoms. The highest BCUT2D eigenvalue weighted by molar-refractivity contribution is 7.92. The van der Waals surface area contributed by atoms with E-state index in [1.807, 2.05) is 33.0 Å². The second kappa shape index (κ2) is 6.24. The van der Waals surface area contributed by atoms with Crippen LogP contribution in [-0.4, -0.2) is 20.4 Å². The smallest absolute Gasteiger partial charge is 0.263 e. The molecule has 5 nitrogen and oxygen atoms in total. The van der Waals surface area contributed by atoms with Crippen LogP contribution >= 0.6 is 0 Å². The van der Waals surface area contributed by atoms with Crippen molar-refractivity contribution in [3.8, 4) is 0 Å². The highest BCUT2D eigenvalue weighted by Gasteiger charge is 2.16. The van der Waals surface area contributed by atoms with Crippen molar-refractivity contribution in [2.75, 3.05) is 11.8 Å². The average molecular weight is 305 g/mol. The number of sulfonamides is 1. The van der Waals surface area contributed by atoms with Crippen LogP contribution in [-0.2, 0) is 10.0 Å². The van der Waals surface area contributed by atoms with Gasteiger partial charge in [-0.1, -0.05) is 18.2 Å². The van der Waals surface area contributed by atoms with E-state index in [4.69, 9.17) is 0 Å². The normalized spacial score (nSPS) is 12.9. The van der Waals surface area contributed by atoms with Gasteiger partial charge in [0.05, 0.1) is 4.90 Å². The minimum atomic E-state index is -3.63. The highest BCUT2D eigenvalue weighted by atomic mass is 32.2. The van der Waals surface area contributed by atoms with Gasteiger partial charge in [0.2, 0.25) is 0 Å². The van der Waals surface area contributed by atoms with Gasteiger partial charge in [-0.3, -0.25) is 4.72 Å². The van der Waals surface area contributed by atoms with Crippen molar-refractivity contribution < 1.29 is 8.42 Å². The van der Waals surface area contributed by atoms with Crippen LogP contribution in [0.4, 0.5) is 5.82 Å². The summed E-state index contributed by atoms with van der Waals surface area (Å²) in [7, 11) is -1.80. The molecule has 2 N–H and O–H groups in total. The molecule has 0 amide bonds. The van der Waals surface area contributed by atoms with Crippen molar-refractivity contribution >= 4 is 15.8 Å². The number of aryl methyl sites for hydroxylation is 1. The fourth-order valence-electron chi connectivity index (χ4n) is 1.91. The fourth-order valence-corrected chi connectivity index (χ4v) is 2.97. The first-order valence-electron chi connectivity index (χ1n) is 6.66. The first kappa shape index (κ1) is 15.5. The van der Waals surface area contributed by atoms with Gasteiger partial charge in [-0.05, 0) is 50.7 Å². The van der Waals surface area contributed by atoms with Crippen molar-refractivity contribution in [1.29, 1.82) is 0 Å². The molecular formula is C15H19N3O2S. The Kier molecular flexibility index (Phi) is 4.59. The molecule has 0 saturated carbocycles. The molecule has 6 heteroatoms. The molecule has 1 aromatic carbocycles. The number of benzene rings is 1. The Hall–Kier alpha value is -1.92. The summed E-state index contributed by atoms with van der Waals surface area (Å²) in [5, 5.41) is 3.09. The van der Waals surface area contributed by atoms with Crippen molar-refractivity contribution in [3.05, 3.63) is 53.7 Å². The van der Waals surface area contributed by atoms with Crippen LogP contribution in [0.2, 0.25) is 0 Å². The lowest BCUT2D eigenvalue weighted by atomic mass is 10.1. The van der Waals surface area contributed by atoms with Crippen molar-refractivity contribution in [2.45, 2.75) is 24.8 Å². The van der Waals surface area contributed by atoms with Gasteiger partial charge >= 0.3 is 0 Å². The summed E-state index contributed by atoms with van der Waals surface area (Å²) in [6, 6.07) is 12.2. The van der Waals surface area contributed by atoms with Gasteiger partial charge in [-0.2, -0.15) is 0 Å². The van der Waals surface area contributed by atoms with Crippen LogP contribution in [0.5, 0.6) is 0 Å². The molecule has 1 unspecified atom stereocenters. The molecule has 1 aromatic heterocycles. The molecule has 112 valence electrons. The predicted molar refractivity (Wildman–Crippen MR) is 83.7 cm³/mol. The number of pyridine rings is 1. The Balaban J connectivity index is 2.31. The molecule has 0 aliphatic carbocycles. The minimum absolute atomic E-state index is 0.0808. The van der Waals surface area contributed by atoms with Crippen LogP contribution in [0.3, 0.4) is 0 Å². The Morgan fingerprint density at radius 1 is 1.14 bits per heavy atom. The van der Waals surface area contributed by atoms with Crippen LogP contribution in [0.15, 0.2) is 47.4 Å². The van der Waals surface area contributed by atoms with Gasteiger partial charge in [-0.15, -0.1) is 0 Å². The second-order valence-electron chi connectivity index (χ2n) is 4.85. The van der Waals surface area contributed by atoms with E-state index < -0.39 is 10.0 Å². The summed E-state index contributed by atoms with van der Waals surface area (Å²) in [6.07, 6.45) is 0. The largest absolute Gasteiger partial charge is 0.313 e. The number of nitrogens with one attached hydrogen (secondary N) is 2. The van der Waals surface area contributed by atoms with Gasteiger partial charge < -0.3 is 5.32 Å². The summed E-state index contributed by atoms with van der Waals surface area (Å²) in [5.41, 5.74) is 1.67. The third-order valence-corrected chi connectivity index (χ3v) is 4.58. The molecule has 2 rings (SSSR count). The van der Waals surface area contributed by atoms with Crippen molar-refractivity contribution in [2.24, 2.45) is 0 Å². The molecule has 0 radical (unpaired) electrons. The molecule has 0 aliphatic rings. The Labute approximate surface area is 125 Å². The zero-order valence-corrected chi connectivity index (χ0v) is 13.1. The van der Waals surface area contributed by atoms with E-state index in [1.165, 1.54) is 0 Å². The summed E-state index contributed by atoms with van der Waals surface area (Å²) in [6.45, 7) is 3.79. The van der Waals surface area contributed by atoms with E-state index in [0.717, 1.165) is 11.3 Å². The third kappa shape index (κ3) is 3.80. The Bertz CT molecular complexity index is 729. The number of nitrogens with zero attached hydrogens (tertiary/aromatic N) is 1. The lowest BCUT2D eigenvalue weighted by Gasteiger charge is -2.13. The number of aromatic nitrogens is 1. The first-order chi connectivity index (χ1) is 9.92. The summed E-state index contributed by atoms with van der Waals surface area (Å²) in [4.78, 5) is 4.38. The van der Waals surface area contributed by atoms with Crippen LogP contribution in [0.25, 0.3) is 0 Å². The van der Waals surface area contributed by atoms with E-state index in [0.29, 0.717) is 5.82 Å². The zero-order chi connectivity index (χ0) is 15.5. The Morgan fingerprint density at radius 3 is 2.52 bits per heavy atom. The van der Waals surface area contributed by atoms with Crippen LogP contribution < -0.4 is 10.0 Å². The summed E-state index contributed by atoms with van der Waals surface area (Å²) in [5.74, 6) is 0.321. The number of hydrogen-bond acceptors (Lipinski definition) is 4. The predicted octanol–water partition coefficient (Wildman–Crippen LogP) is 2.47. The fraction of sp³-hybridized carbons (Fsp3) is 0.267. The van der Waals surface area contributed by atoms with Gasteiger partial charge in [0.25, 0.3) is 10.0 Å². The molecule has 0 bridgehead atoms. The van der Waals surface area contributed by atoms with E-state index in [9.17, 15) is 8.42 Å². The number of anilines is 1. The first-order valence-corrected chi connectivity index (χ1v) is 8.14. The van der Waals surface area contributed by atoms with E-state index in [2.05, 4.69) is 15.0 Å². The van der Waals surface area contributed by atoms with Crippen molar-refractivity contribution in [1.82, 2.24) is 10.3 Å². The molecule has 0 aliphatic heterocycles. The standard InChI is InChI=1S/C15H19N3O2S/c1-11-6-4-9-15(17-11)18-21(19,20)14-8-5-7-13(10-14)12(2)16-3/h4-10,12,16H,1-3H3,(H,17,18). The molecule has 2 aromatic rings. The molecule has 0 spiro atoms. The minimum Gasteiger partial charge on any atom is -0.313 e. The molecule has 1 atom stereocenters. The molecule has 1 heterocycles. The topological polar surface area (TPSA) is 71.1 Å². The molecular weight excluding hydrogens is 286 g/mol. The van der Waals surface area contributed by atoms with Gasteiger partial charge in [0.15, 0.2) is 0 Å². The number of hydrogen-bond donors (Lipinski definition) is 2. The van der Waals surface area contributed by atoms with Crippen molar-refractivity contribution in [3.63, 3.8) is 0 Å². The summed E-state index contributed by atoms with van der Waals surface area (Å²) < 4.78 is 27.3. The van der Waals surface area contributed by atoms with E-state index in [1.54, 1.807) is 30.3 Å². The lowest BCUT2D eigenvalue weighted by Crippen LogP contribution is -2.16. The molecule has 0 fully saturated rings. The molecule has 0 saturated heterocycles. The van der Waals surface area contributed by atoms with Gasteiger partial charge in [0, 0.05) is 11.7 Å². The maximum Gasteiger partial charge on any atom is 0.263 e. The number of rotatable bonds is 5. The van der Waals surface area contributed by atoms with Crippen LogP contribution in [0.1, 0.15) is 24.2 Å². The highest BCUT2D eigenvalue weighted by Crippen LogP contribution is 2.19. The van der Waals surface area contributed by atoms with Crippen LogP contribution in [0, 0.1) is 6.92 Å². The van der Waals surface area contributed by atoms with E-state index >= 15 is 0 Å². The SMILES string of the molecule is CNC(C)c1cccc(S(=O)(=O)Nc2cccc(C)n2)c1. The lowest BCUT2D eigenvalue weighted by molar-refractivity contribution is 0.600. The van der Waals surface area contributed by atoms with Gasteiger partial charge in [0.1, 0.15) is 5.82 Å². The third-order valence-electron chi connectivity index (χ3n) is 3.23. The summed E-state index contributed by atoms with van der Waals surface area (Å²) >= 11 is 0. The monoisotopic (exact) mass is 305 g/mol.